The van der Waals surface area contributed by atoms with E-state index in [9.17, 15) is 9.18 Å². The quantitative estimate of drug-likeness (QED) is 0.773. The van der Waals surface area contributed by atoms with Crippen LogP contribution < -0.4 is 5.32 Å². The van der Waals surface area contributed by atoms with Gasteiger partial charge in [-0.2, -0.15) is 0 Å². The first-order valence-corrected chi connectivity index (χ1v) is 7.10. The number of rotatable bonds is 3. The number of nitrogens with zero attached hydrogens (tertiary/aromatic N) is 2. The van der Waals surface area contributed by atoms with Crippen molar-refractivity contribution in [2.45, 2.75) is 9.79 Å². The van der Waals surface area contributed by atoms with Gasteiger partial charge in [-0.25, -0.2) is 19.2 Å². The van der Waals surface area contributed by atoms with E-state index in [1.807, 2.05) is 6.07 Å². The molecule has 0 radical (unpaired) electrons. The molecule has 8 heteroatoms. The minimum Gasteiger partial charge on any atom is -0.453 e. The van der Waals surface area contributed by atoms with Gasteiger partial charge in [0.2, 0.25) is 5.95 Å². The fraction of sp³-hybridized carbons (Fsp3) is 0.0714. The van der Waals surface area contributed by atoms with Crippen molar-refractivity contribution in [3.8, 4) is 0 Å². The summed E-state index contributed by atoms with van der Waals surface area (Å²) in [5, 5.41) is 2.43. The van der Waals surface area contributed by atoms with E-state index in [4.69, 9.17) is 0 Å². The fourth-order valence-electron chi connectivity index (χ4n) is 1.81. The summed E-state index contributed by atoms with van der Waals surface area (Å²) in [4.78, 5) is 24.0. The Hall–Kier alpha value is -2.61. The maximum Gasteiger partial charge on any atom is 0.413 e. The van der Waals surface area contributed by atoms with E-state index >= 15 is 0 Å². The number of halogens is 1. The zero-order valence-electron chi connectivity index (χ0n) is 11.5. The van der Waals surface area contributed by atoms with Crippen molar-refractivity contribution in [1.29, 1.82) is 0 Å². The highest BCUT2D eigenvalue weighted by atomic mass is 32.2. The van der Waals surface area contributed by atoms with Crippen molar-refractivity contribution in [3.05, 3.63) is 42.3 Å². The number of amides is 1. The van der Waals surface area contributed by atoms with E-state index in [2.05, 4.69) is 25.0 Å². The van der Waals surface area contributed by atoms with Gasteiger partial charge < -0.3 is 9.72 Å². The molecule has 0 atom stereocenters. The maximum absolute atomic E-state index is 13.2. The first-order chi connectivity index (χ1) is 10.6. The molecular formula is C14H11FN4O2S. The summed E-state index contributed by atoms with van der Waals surface area (Å²) in [5.41, 5.74) is 1.13. The molecule has 0 fully saturated rings. The molecule has 0 spiro atoms. The first-order valence-electron chi connectivity index (χ1n) is 6.28. The molecule has 3 aromatic rings. The standard InChI is InChI=1S/C14H11FN4O2S/c1-21-14(20)19-13-17-11-6-10(7-16-12(11)18-13)22-9-4-2-3-8(15)5-9/h2-7H,1H3,(H2,16,17,18,19,20). The van der Waals surface area contributed by atoms with Crippen LogP contribution >= 0.6 is 11.8 Å². The van der Waals surface area contributed by atoms with Gasteiger partial charge in [0.25, 0.3) is 0 Å². The van der Waals surface area contributed by atoms with Crippen LogP contribution in [0, 0.1) is 5.82 Å². The minimum absolute atomic E-state index is 0.252. The topological polar surface area (TPSA) is 79.9 Å². The van der Waals surface area contributed by atoms with E-state index in [0.717, 1.165) is 9.79 Å². The number of carbonyl (C=O) groups is 1. The number of hydrogen-bond acceptors (Lipinski definition) is 5. The van der Waals surface area contributed by atoms with Gasteiger partial charge in [0, 0.05) is 16.0 Å². The van der Waals surface area contributed by atoms with Crippen LogP contribution in [-0.4, -0.2) is 28.2 Å². The third-order valence-corrected chi connectivity index (χ3v) is 3.70. The molecule has 112 valence electrons. The molecule has 0 unspecified atom stereocenters. The molecule has 0 aliphatic carbocycles. The van der Waals surface area contributed by atoms with Crippen LogP contribution in [0.3, 0.4) is 0 Å². The molecule has 1 amide bonds. The number of nitrogens with one attached hydrogen (secondary N) is 2. The summed E-state index contributed by atoms with van der Waals surface area (Å²) in [6, 6.07) is 8.10. The predicted molar refractivity (Wildman–Crippen MR) is 80.4 cm³/mol. The Bertz CT molecular complexity index is 837. The van der Waals surface area contributed by atoms with Gasteiger partial charge in [-0.3, -0.25) is 5.32 Å². The van der Waals surface area contributed by atoms with Gasteiger partial charge in [-0.05, 0) is 24.3 Å². The highest BCUT2D eigenvalue weighted by molar-refractivity contribution is 7.99. The number of aromatic amines is 1. The highest BCUT2D eigenvalue weighted by Gasteiger charge is 2.09. The van der Waals surface area contributed by atoms with Crippen LogP contribution in [0.4, 0.5) is 15.1 Å². The van der Waals surface area contributed by atoms with Crippen molar-refractivity contribution in [2.24, 2.45) is 0 Å². The van der Waals surface area contributed by atoms with Crippen LogP contribution in [0.5, 0.6) is 0 Å². The Balaban J connectivity index is 1.84. The normalized spacial score (nSPS) is 10.6. The van der Waals surface area contributed by atoms with Crippen LogP contribution in [0.2, 0.25) is 0 Å². The first kappa shape index (κ1) is 14.3. The Morgan fingerprint density at radius 1 is 1.36 bits per heavy atom. The Morgan fingerprint density at radius 3 is 3.00 bits per heavy atom. The molecule has 0 saturated carbocycles. The number of aromatic nitrogens is 3. The number of fused-ring (bicyclic) bond motifs is 1. The molecule has 2 heterocycles. The number of methoxy groups -OCH3 is 1. The number of carbonyl (C=O) groups excluding carboxylic acids is 1. The second-order valence-electron chi connectivity index (χ2n) is 4.30. The summed E-state index contributed by atoms with van der Waals surface area (Å²) in [7, 11) is 1.27. The lowest BCUT2D eigenvalue weighted by atomic mass is 10.3. The molecule has 2 aromatic heterocycles. The largest absolute Gasteiger partial charge is 0.453 e. The smallest absolute Gasteiger partial charge is 0.413 e. The zero-order valence-corrected chi connectivity index (χ0v) is 12.3. The van der Waals surface area contributed by atoms with Crippen LogP contribution in [0.1, 0.15) is 0 Å². The minimum atomic E-state index is -0.617. The van der Waals surface area contributed by atoms with Crippen molar-refractivity contribution >= 4 is 35.0 Å². The second kappa shape index (κ2) is 6.02. The highest BCUT2D eigenvalue weighted by Crippen LogP contribution is 2.29. The lowest BCUT2D eigenvalue weighted by Gasteiger charge is -2.00. The van der Waals surface area contributed by atoms with Gasteiger partial charge in [0.05, 0.1) is 7.11 Å². The molecule has 0 aliphatic rings. The van der Waals surface area contributed by atoms with Crippen molar-refractivity contribution in [2.75, 3.05) is 12.4 Å². The lowest BCUT2D eigenvalue weighted by Crippen LogP contribution is -2.11. The molecule has 6 nitrogen and oxygen atoms in total. The number of benzene rings is 1. The summed E-state index contributed by atoms with van der Waals surface area (Å²) in [6.07, 6.45) is 1.03. The maximum atomic E-state index is 13.2. The number of imidazole rings is 1. The Kier molecular flexibility index (Phi) is 3.92. The molecule has 0 aliphatic heterocycles. The van der Waals surface area contributed by atoms with Crippen LogP contribution in [0.25, 0.3) is 11.2 Å². The summed E-state index contributed by atoms with van der Waals surface area (Å²) in [5.74, 6) is -0.0365. The van der Waals surface area contributed by atoms with Crippen LogP contribution in [-0.2, 0) is 4.74 Å². The Morgan fingerprint density at radius 2 is 2.23 bits per heavy atom. The summed E-state index contributed by atoms with van der Waals surface area (Å²) in [6.45, 7) is 0. The fourth-order valence-corrected chi connectivity index (χ4v) is 2.67. The van der Waals surface area contributed by atoms with E-state index in [1.165, 1.54) is 31.0 Å². The molecule has 22 heavy (non-hydrogen) atoms. The molecule has 0 bridgehead atoms. The number of hydrogen-bond donors (Lipinski definition) is 2. The third kappa shape index (κ3) is 3.17. The van der Waals surface area contributed by atoms with Gasteiger partial charge >= 0.3 is 6.09 Å². The zero-order chi connectivity index (χ0) is 15.5. The van der Waals surface area contributed by atoms with Crippen LogP contribution in [0.15, 0.2) is 46.3 Å². The van der Waals surface area contributed by atoms with Gasteiger partial charge in [0.1, 0.15) is 11.3 Å². The molecule has 0 saturated heterocycles. The number of ether oxygens (including phenoxy) is 1. The van der Waals surface area contributed by atoms with Crippen molar-refractivity contribution in [3.63, 3.8) is 0 Å². The van der Waals surface area contributed by atoms with E-state index in [-0.39, 0.29) is 11.8 Å². The van der Waals surface area contributed by atoms with E-state index < -0.39 is 6.09 Å². The molecular weight excluding hydrogens is 307 g/mol. The average Bonchev–Trinajstić information content (AvgIpc) is 2.88. The van der Waals surface area contributed by atoms with Gasteiger partial charge in [-0.1, -0.05) is 17.8 Å². The number of pyridine rings is 1. The Labute approximate surface area is 129 Å². The molecule has 1 aromatic carbocycles. The lowest BCUT2D eigenvalue weighted by molar-refractivity contribution is 0.186. The van der Waals surface area contributed by atoms with Gasteiger partial charge in [-0.15, -0.1) is 0 Å². The van der Waals surface area contributed by atoms with E-state index in [0.29, 0.717) is 11.2 Å². The SMILES string of the molecule is COC(=O)Nc1nc2cc(Sc3cccc(F)c3)cnc2[nH]1. The third-order valence-electron chi connectivity index (χ3n) is 2.75. The van der Waals surface area contributed by atoms with E-state index in [1.54, 1.807) is 18.3 Å². The van der Waals surface area contributed by atoms with Crippen molar-refractivity contribution < 1.29 is 13.9 Å². The number of H-pyrrole nitrogens is 1. The summed E-state index contributed by atoms with van der Waals surface area (Å²) < 4.78 is 17.7. The average molecular weight is 318 g/mol. The van der Waals surface area contributed by atoms with Crippen molar-refractivity contribution in [1.82, 2.24) is 15.0 Å². The monoisotopic (exact) mass is 318 g/mol. The molecule has 3 rings (SSSR count). The predicted octanol–water partition coefficient (Wildman–Crippen LogP) is 3.43. The second-order valence-corrected chi connectivity index (χ2v) is 5.45. The molecule has 2 N–H and O–H groups in total. The summed E-state index contributed by atoms with van der Waals surface area (Å²) >= 11 is 1.38. The number of anilines is 1. The van der Waals surface area contributed by atoms with Gasteiger partial charge in [0.15, 0.2) is 5.65 Å².